The van der Waals surface area contributed by atoms with Gasteiger partial charge in [0.15, 0.2) is 16.7 Å². The van der Waals surface area contributed by atoms with Crippen LogP contribution in [-0.4, -0.2) is 24.8 Å². The van der Waals surface area contributed by atoms with Crippen LogP contribution < -0.4 is 0 Å². The maximum absolute atomic E-state index is 5.21. The van der Waals surface area contributed by atoms with Gasteiger partial charge in [0, 0.05) is 17.9 Å². The third kappa shape index (κ3) is 1.68. The molecule has 4 aromatic heterocycles. The van der Waals surface area contributed by atoms with Crippen molar-refractivity contribution in [2.24, 2.45) is 0 Å². The van der Waals surface area contributed by atoms with E-state index in [9.17, 15) is 0 Å². The highest BCUT2D eigenvalue weighted by molar-refractivity contribution is 7.19. The Kier molecular flexibility index (Phi) is 2.26. The Bertz CT molecular complexity index is 842. The van der Waals surface area contributed by atoms with Crippen LogP contribution in [0.25, 0.3) is 27.1 Å². The molecule has 0 aliphatic heterocycles. The summed E-state index contributed by atoms with van der Waals surface area (Å²) in [6.45, 7) is 1.81. The summed E-state index contributed by atoms with van der Waals surface area (Å²) in [5, 5.41) is 17.6. The first-order valence-corrected chi connectivity index (χ1v) is 7.24. The van der Waals surface area contributed by atoms with Gasteiger partial charge in [-0.15, -0.1) is 10.2 Å². The van der Waals surface area contributed by atoms with Gasteiger partial charge in [-0.25, -0.2) is 4.98 Å². The van der Waals surface area contributed by atoms with Crippen LogP contribution in [0.2, 0.25) is 0 Å². The second-order valence-corrected chi connectivity index (χ2v) is 5.62. The number of nitrogens with zero attached hydrogens (tertiary/aromatic N) is 5. The standard InChI is InChI=1S/C11H7N5OS2/c1-6-12-8(4-17-6)10-15-16-9(7-2-3-18-5-7)13-14-11(16)19-10/h2-5H,1H3. The molecular weight excluding hydrogens is 282 g/mol. The van der Waals surface area contributed by atoms with E-state index < -0.39 is 0 Å². The fourth-order valence-corrected chi connectivity index (χ4v) is 3.18. The molecule has 0 saturated heterocycles. The molecule has 94 valence electrons. The number of aryl methyl sites for hydroxylation is 1. The Morgan fingerprint density at radius 2 is 2.26 bits per heavy atom. The van der Waals surface area contributed by atoms with E-state index in [1.807, 2.05) is 16.8 Å². The normalized spacial score (nSPS) is 11.4. The quantitative estimate of drug-likeness (QED) is 0.567. The van der Waals surface area contributed by atoms with Crippen LogP contribution in [0, 0.1) is 6.92 Å². The van der Waals surface area contributed by atoms with Gasteiger partial charge < -0.3 is 4.42 Å². The second kappa shape index (κ2) is 3.97. The molecule has 0 aliphatic carbocycles. The Morgan fingerprint density at radius 3 is 3.00 bits per heavy atom. The lowest BCUT2D eigenvalue weighted by molar-refractivity contribution is 0.521. The van der Waals surface area contributed by atoms with Crippen molar-refractivity contribution in [2.75, 3.05) is 0 Å². The molecule has 4 rings (SSSR count). The van der Waals surface area contributed by atoms with E-state index in [0.717, 1.165) is 27.1 Å². The highest BCUT2D eigenvalue weighted by atomic mass is 32.1. The van der Waals surface area contributed by atoms with Gasteiger partial charge in [0.1, 0.15) is 12.0 Å². The summed E-state index contributed by atoms with van der Waals surface area (Å²) in [5.41, 5.74) is 1.75. The fraction of sp³-hybridized carbons (Fsp3) is 0.0909. The minimum absolute atomic E-state index is 0.624. The smallest absolute Gasteiger partial charge is 0.235 e. The SMILES string of the molecule is Cc1nc(-c2nn3c(-c4ccsc4)nnc3s2)co1. The number of rotatable bonds is 2. The third-order valence-electron chi connectivity index (χ3n) is 2.61. The van der Waals surface area contributed by atoms with Crippen LogP contribution in [0.1, 0.15) is 5.89 Å². The summed E-state index contributed by atoms with van der Waals surface area (Å²) in [5.74, 6) is 1.37. The van der Waals surface area contributed by atoms with E-state index in [4.69, 9.17) is 4.42 Å². The monoisotopic (exact) mass is 289 g/mol. The molecule has 19 heavy (non-hydrogen) atoms. The maximum Gasteiger partial charge on any atom is 0.235 e. The van der Waals surface area contributed by atoms with Crippen molar-refractivity contribution in [3.8, 4) is 22.1 Å². The zero-order valence-electron chi connectivity index (χ0n) is 9.77. The molecule has 0 aliphatic rings. The fourth-order valence-electron chi connectivity index (χ4n) is 1.75. The topological polar surface area (TPSA) is 69.1 Å². The van der Waals surface area contributed by atoms with Gasteiger partial charge in [-0.1, -0.05) is 11.3 Å². The Morgan fingerprint density at radius 1 is 1.32 bits per heavy atom. The molecular formula is C11H7N5OS2. The van der Waals surface area contributed by atoms with E-state index >= 15 is 0 Å². The predicted molar refractivity (Wildman–Crippen MR) is 72.2 cm³/mol. The third-order valence-corrected chi connectivity index (χ3v) is 4.21. The van der Waals surface area contributed by atoms with Gasteiger partial charge in [0.05, 0.1) is 0 Å². The Hall–Kier alpha value is -2.06. The van der Waals surface area contributed by atoms with Crippen molar-refractivity contribution in [2.45, 2.75) is 6.92 Å². The molecule has 0 atom stereocenters. The van der Waals surface area contributed by atoms with Crippen LogP contribution in [0.4, 0.5) is 0 Å². The van der Waals surface area contributed by atoms with Gasteiger partial charge in [0.2, 0.25) is 4.96 Å². The molecule has 0 aromatic carbocycles. The number of aromatic nitrogens is 5. The molecule has 0 spiro atoms. The zero-order chi connectivity index (χ0) is 12.8. The number of hydrogen-bond donors (Lipinski definition) is 0. The first kappa shape index (κ1) is 10.8. The predicted octanol–water partition coefficient (Wildman–Crippen LogP) is 2.88. The second-order valence-electron chi connectivity index (χ2n) is 3.89. The molecule has 6 nitrogen and oxygen atoms in total. The average molecular weight is 289 g/mol. The molecule has 0 unspecified atom stereocenters. The summed E-state index contributed by atoms with van der Waals surface area (Å²) in [6, 6.07) is 2.00. The van der Waals surface area contributed by atoms with Crippen LogP contribution in [0.5, 0.6) is 0 Å². The number of oxazole rings is 1. The van der Waals surface area contributed by atoms with E-state index in [1.54, 1.807) is 29.0 Å². The summed E-state index contributed by atoms with van der Waals surface area (Å²) >= 11 is 3.06. The molecule has 4 aromatic rings. The lowest BCUT2D eigenvalue weighted by atomic mass is 10.3. The van der Waals surface area contributed by atoms with Gasteiger partial charge in [-0.2, -0.15) is 21.0 Å². The van der Waals surface area contributed by atoms with E-state index in [0.29, 0.717) is 5.89 Å². The van der Waals surface area contributed by atoms with Crippen LogP contribution >= 0.6 is 22.7 Å². The molecule has 0 bridgehead atoms. The zero-order valence-corrected chi connectivity index (χ0v) is 11.4. The van der Waals surface area contributed by atoms with Crippen LogP contribution in [-0.2, 0) is 0 Å². The largest absolute Gasteiger partial charge is 0.449 e. The number of hydrogen-bond acceptors (Lipinski definition) is 7. The summed E-state index contributed by atoms with van der Waals surface area (Å²) in [7, 11) is 0. The van der Waals surface area contributed by atoms with Crippen molar-refractivity contribution in [1.29, 1.82) is 0 Å². The highest BCUT2D eigenvalue weighted by Gasteiger charge is 2.16. The van der Waals surface area contributed by atoms with Crippen molar-refractivity contribution in [3.05, 3.63) is 29.0 Å². The minimum Gasteiger partial charge on any atom is -0.449 e. The van der Waals surface area contributed by atoms with Gasteiger partial charge in [-0.3, -0.25) is 0 Å². The van der Waals surface area contributed by atoms with E-state index in [-0.39, 0.29) is 0 Å². The van der Waals surface area contributed by atoms with Crippen molar-refractivity contribution in [3.63, 3.8) is 0 Å². The van der Waals surface area contributed by atoms with Crippen molar-refractivity contribution < 1.29 is 4.42 Å². The van der Waals surface area contributed by atoms with Crippen molar-refractivity contribution in [1.82, 2.24) is 24.8 Å². The molecule has 4 heterocycles. The molecule has 0 fully saturated rings. The molecule has 0 N–H and O–H groups in total. The van der Waals surface area contributed by atoms with E-state index in [1.165, 1.54) is 11.3 Å². The lowest BCUT2D eigenvalue weighted by Crippen LogP contribution is -1.89. The minimum atomic E-state index is 0.624. The lowest BCUT2D eigenvalue weighted by Gasteiger charge is -1.90. The Balaban J connectivity index is 1.89. The molecule has 0 radical (unpaired) electrons. The summed E-state index contributed by atoms with van der Waals surface area (Å²) < 4.78 is 6.95. The summed E-state index contributed by atoms with van der Waals surface area (Å²) in [6.07, 6.45) is 1.60. The first-order valence-electron chi connectivity index (χ1n) is 5.48. The van der Waals surface area contributed by atoms with Gasteiger partial charge >= 0.3 is 0 Å². The van der Waals surface area contributed by atoms with Gasteiger partial charge in [-0.05, 0) is 11.4 Å². The molecule has 0 amide bonds. The van der Waals surface area contributed by atoms with Gasteiger partial charge in [0.25, 0.3) is 0 Å². The molecule has 8 heteroatoms. The average Bonchev–Trinajstić information content (AvgIpc) is 3.11. The number of fused-ring (bicyclic) bond motifs is 1. The van der Waals surface area contributed by atoms with Crippen LogP contribution in [0.3, 0.4) is 0 Å². The molecule has 0 saturated carbocycles. The number of thiophene rings is 1. The maximum atomic E-state index is 5.21. The van der Waals surface area contributed by atoms with Crippen molar-refractivity contribution >= 4 is 27.6 Å². The van der Waals surface area contributed by atoms with E-state index in [2.05, 4.69) is 20.3 Å². The van der Waals surface area contributed by atoms with Crippen LogP contribution in [0.15, 0.2) is 27.5 Å². The summed E-state index contributed by atoms with van der Waals surface area (Å²) in [4.78, 5) is 5.02. The highest BCUT2D eigenvalue weighted by Crippen LogP contribution is 2.28. The Labute approximate surface area is 115 Å². The first-order chi connectivity index (χ1) is 9.31.